The van der Waals surface area contributed by atoms with Crippen LogP contribution >= 0.6 is 0 Å². The standard InChI is InChI=1S/C28H39N5O6Si/c1-8-22(33-13-15-37-16-14-33)29-28-31-26(35-3)24(27(32-28)36-4)30-25(34)20-11-12-23(38-20)39-21-17-19(40(5,6)7)10-9-18(21)2/h9-12,17,22H,8,13-16H2,1-7H3,(H,30,34)(H,29,31,32). The van der Waals surface area contributed by atoms with Gasteiger partial charge in [0.15, 0.2) is 11.4 Å². The number of aryl methyl sites for hydroxylation is 1. The summed E-state index contributed by atoms with van der Waals surface area (Å²) >= 11 is 0. The number of amides is 1. The second-order valence-corrected chi connectivity index (χ2v) is 15.6. The number of rotatable bonds is 11. The van der Waals surface area contributed by atoms with Crippen LogP contribution in [-0.4, -0.2) is 75.5 Å². The molecule has 1 saturated heterocycles. The maximum atomic E-state index is 13.1. The topological polar surface area (TPSA) is 120 Å². The SMILES string of the molecule is CCC(Nc1nc(OC)c(NC(=O)c2ccc(Oc3cc([Si](C)(C)C)ccc3C)o2)c(OC)n1)N1CCOCC1. The zero-order valence-corrected chi connectivity index (χ0v) is 25.3. The van der Waals surface area contributed by atoms with Gasteiger partial charge in [0.2, 0.25) is 17.7 Å². The first-order valence-electron chi connectivity index (χ1n) is 13.4. The lowest BCUT2D eigenvalue weighted by Gasteiger charge is -2.34. The molecule has 40 heavy (non-hydrogen) atoms. The molecule has 1 atom stereocenters. The van der Waals surface area contributed by atoms with Gasteiger partial charge in [-0.3, -0.25) is 9.69 Å². The van der Waals surface area contributed by atoms with Gasteiger partial charge in [0, 0.05) is 19.2 Å². The highest BCUT2D eigenvalue weighted by Crippen LogP contribution is 2.34. The van der Waals surface area contributed by atoms with Gasteiger partial charge < -0.3 is 34.0 Å². The van der Waals surface area contributed by atoms with Crippen molar-refractivity contribution in [2.45, 2.75) is 46.1 Å². The molecule has 1 aliphatic rings. The second-order valence-electron chi connectivity index (χ2n) is 10.6. The molecule has 0 bridgehead atoms. The molecule has 0 saturated carbocycles. The molecule has 1 aliphatic heterocycles. The Balaban J connectivity index is 1.50. The van der Waals surface area contributed by atoms with Crippen LogP contribution in [0.3, 0.4) is 0 Å². The Labute approximate surface area is 236 Å². The minimum atomic E-state index is -1.53. The lowest BCUT2D eigenvalue weighted by atomic mass is 10.2. The summed E-state index contributed by atoms with van der Waals surface area (Å²) < 4.78 is 28.2. The minimum absolute atomic E-state index is 0.00960. The highest BCUT2D eigenvalue weighted by molar-refractivity contribution is 6.88. The molecule has 0 radical (unpaired) electrons. The predicted molar refractivity (Wildman–Crippen MR) is 156 cm³/mol. The summed E-state index contributed by atoms with van der Waals surface area (Å²) in [5.41, 5.74) is 1.17. The van der Waals surface area contributed by atoms with Gasteiger partial charge in [0.25, 0.3) is 11.9 Å². The lowest BCUT2D eigenvalue weighted by Crippen LogP contribution is -2.47. The van der Waals surface area contributed by atoms with Crippen molar-refractivity contribution in [2.75, 3.05) is 51.2 Å². The van der Waals surface area contributed by atoms with Crippen LogP contribution in [0, 0.1) is 6.92 Å². The molecule has 12 heteroatoms. The van der Waals surface area contributed by atoms with E-state index in [1.165, 1.54) is 19.4 Å². The van der Waals surface area contributed by atoms with E-state index < -0.39 is 14.0 Å². The predicted octanol–water partition coefficient (Wildman–Crippen LogP) is 4.47. The fraction of sp³-hybridized carbons (Fsp3) is 0.464. The number of ether oxygens (including phenoxy) is 4. The van der Waals surface area contributed by atoms with Crippen molar-refractivity contribution < 1.29 is 28.2 Å². The van der Waals surface area contributed by atoms with Crippen molar-refractivity contribution in [2.24, 2.45) is 0 Å². The van der Waals surface area contributed by atoms with E-state index in [2.05, 4.69) is 64.2 Å². The molecule has 0 aliphatic carbocycles. The lowest BCUT2D eigenvalue weighted by molar-refractivity contribution is 0.0212. The van der Waals surface area contributed by atoms with Gasteiger partial charge in [0.05, 0.1) is 41.7 Å². The number of hydrogen-bond donors (Lipinski definition) is 2. The number of carbonyl (C=O) groups is 1. The van der Waals surface area contributed by atoms with Gasteiger partial charge >= 0.3 is 0 Å². The Morgan fingerprint density at radius 2 is 1.75 bits per heavy atom. The van der Waals surface area contributed by atoms with Crippen molar-refractivity contribution in [1.29, 1.82) is 0 Å². The number of morpholine rings is 1. The minimum Gasteiger partial charge on any atom is -0.479 e. The van der Waals surface area contributed by atoms with Crippen molar-refractivity contribution >= 4 is 30.8 Å². The number of anilines is 2. The first kappa shape index (κ1) is 29.4. The van der Waals surface area contributed by atoms with Gasteiger partial charge in [-0.1, -0.05) is 43.9 Å². The smallest absolute Gasteiger partial charge is 0.291 e. The van der Waals surface area contributed by atoms with Gasteiger partial charge in [0.1, 0.15) is 5.75 Å². The largest absolute Gasteiger partial charge is 0.479 e. The maximum absolute atomic E-state index is 13.1. The summed E-state index contributed by atoms with van der Waals surface area (Å²) in [6, 6.07) is 9.40. The summed E-state index contributed by atoms with van der Waals surface area (Å²) in [4.78, 5) is 24.4. The number of nitrogens with one attached hydrogen (secondary N) is 2. The molecule has 2 N–H and O–H groups in total. The highest BCUT2D eigenvalue weighted by Gasteiger charge is 2.25. The number of nitrogens with zero attached hydrogens (tertiary/aromatic N) is 3. The van der Waals surface area contributed by atoms with Crippen LogP contribution in [-0.2, 0) is 4.74 Å². The Morgan fingerprint density at radius 1 is 1.07 bits per heavy atom. The number of methoxy groups -OCH3 is 2. The first-order valence-corrected chi connectivity index (χ1v) is 16.9. The number of aromatic nitrogens is 2. The van der Waals surface area contributed by atoms with E-state index in [9.17, 15) is 4.79 Å². The van der Waals surface area contributed by atoms with Crippen molar-refractivity contribution in [1.82, 2.24) is 14.9 Å². The zero-order valence-electron chi connectivity index (χ0n) is 24.3. The molecule has 11 nitrogen and oxygen atoms in total. The molecule has 216 valence electrons. The normalized spacial score (nSPS) is 14.9. The molecule has 2 aromatic heterocycles. The van der Waals surface area contributed by atoms with Gasteiger partial charge in [-0.15, -0.1) is 0 Å². The molecule has 3 heterocycles. The Bertz CT molecular complexity index is 1290. The van der Waals surface area contributed by atoms with E-state index in [1.54, 1.807) is 12.1 Å². The van der Waals surface area contributed by atoms with E-state index >= 15 is 0 Å². The molecule has 1 fully saturated rings. The van der Waals surface area contributed by atoms with Crippen LogP contribution in [0.5, 0.6) is 23.5 Å². The second kappa shape index (κ2) is 12.7. The van der Waals surface area contributed by atoms with Crippen LogP contribution in [0.25, 0.3) is 0 Å². The molecular weight excluding hydrogens is 530 g/mol. The molecular formula is C28H39N5O6Si. The summed E-state index contributed by atoms with van der Waals surface area (Å²) in [6.07, 6.45) is 0.840. The Kier molecular flexibility index (Phi) is 9.33. The fourth-order valence-electron chi connectivity index (χ4n) is 4.33. The monoisotopic (exact) mass is 569 g/mol. The molecule has 3 aromatic rings. The molecule has 4 rings (SSSR count). The van der Waals surface area contributed by atoms with Crippen LogP contribution < -0.4 is 30.0 Å². The maximum Gasteiger partial charge on any atom is 0.291 e. The van der Waals surface area contributed by atoms with Crippen LogP contribution in [0.4, 0.5) is 11.6 Å². The van der Waals surface area contributed by atoms with Gasteiger partial charge in [-0.2, -0.15) is 9.97 Å². The number of benzene rings is 1. The van der Waals surface area contributed by atoms with Gasteiger partial charge in [-0.25, -0.2) is 0 Å². The molecule has 0 spiro atoms. The van der Waals surface area contributed by atoms with E-state index in [0.717, 1.165) is 25.1 Å². The summed E-state index contributed by atoms with van der Waals surface area (Å²) in [5, 5.41) is 7.38. The third-order valence-electron chi connectivity index (χ3n) is 6.71. The average Bonchev–Trinajstić information content (AvgIpc) is 3.42. The fourth-order valence-corrected chi connectivity index (χ4v) is 5.48. The van der Waals surface area contributed by atoms with Crippen LogP contribution in [0.2, 0.25) is 19.6 Å². The molecule has 1 amide bonds. The third-order valence-corrected chi connectivity index (χ3v) is 8.75. The highest BCUT2D eigenvalue weighted by atomic mass is 28.3. The van der Waals surface area contributed by atoms with Crippen molar-refractivity contribution in [3.63, 3.8) is 0 Å². The Hall–Kier alpha value is -3.61. The summed E-state index contributed by atoms with van der Waals surface area (Å²) in [5.74, 6) is 1.08. The molecule has 1 unspecified atom stereocenters. The summed E-state index contributed by atoms with van der Waals surface area (Å²) in [7, 11) is 1.41. The van der Waals surface area contributed by atoms with E-state index in [4.69, 9.17) is 23.4 Å². The quantitative estimate of drug-likeness (QED) is 0.320. The van der Waals surface area contributed by atoms with Crippen LogP contribution in [0.1, 0.15) is 29.5 Å². The summed E-state index contributed by atoms with van der Waals surface area (Å²) in [6.45, 7) is 13.9. The van der Waals surface area contributed by atoms with Gasteiger partial charge in [-0.05, 0) is 31.0 Å². The average molecular weight is 570 g/mol. The number of hydrogen-bond acceptors (Lipinski definition) is 10. The number of carbonyl (C=O) groups excluding carboxylic acids is 1. The first-order chi connectivity index (χ1) is 19.1. The van der Waals surface area contributed by atoms with Crippen LogP contribution in [0.15, 0.2) is 34.7 Å². The zero-order chi connectivity index (χ0) is 28.9. The molecule has 1 aromatic carbocycles. The van der Waals surface area contributed by atoms with E-state index in [0.29, 0.717) is 24.9 Å². The third kappa shape index (κ3) is 6.93. The van der Waals surface area contributed by atoms with E-state index in [1.807, 2.05) is 13.0 Å². The van der Waals surface area contributed by atoms with Crippen molar-refractivity contribution in [3.05, 3.63) is 41.7 Å². The van der Waals surface area contributed by atoms with E-state index in [-0.39, 0.29) is 35.3 Å². The van der Waals surface area contributed by atoms with Crippen molar-refractivity contribution in [3.8, 4) is 23.5 Å². The Morgan fingerprint density at radius 3 is 2.35 bits per heavy atom. The number of furan rings is 1.